The molecule has 0 N–H and O–H groups in total. The van der Waals surface area contributed by atoms with Crippen LogP contribution in [0, 0.1) is 12.8 Å². The van der Waals surface area contributed by atoms with Gasteiger partial charge in [0, 0.05) is 18.5 Å². The Morgan fingerprint density at radius 1 is 1.10 bits per heavy atom. The molecule has 1 fully saturated rings. The lowest BCUT2D eigenvalue weighted by Crippen LogP contribution is -2.31. The SMILES string of the molecule is Cc1ccn([C@@H](CC2CCCC2)C(=O)Cc2ccn(Cc3ccccc3)n2)c(=O)c1. The van der Waals surface area contributed by atoms with Gasteiger partial charge >= 0.3 is 0 Å². The first-order valence-electron chi connectivity index (χ1n) is 10.9. The van der Waals surface area contributed by atoms with E-state index in [1.807, 2.05) is 48.1 Å². The van der Waals surface area contributed by atoms with Crippen LogP contribution in [-0.4, -0.2) is 20.1 Å². The maximum Gasteiger partial charge on any atom is 0.251 e. The normalized spacial score (nSPS) is 15.4. The van der Waals surface area contributed by atoms with Crippen LogP contribution in [0.15, 0.2) is 65.7 Å². The second-order valence-electron chi connectivity index (χ2n) is 8.48. The van der Waals surface area contributed by atoms with E-state index in [9.17, 15) is 9.59 Å². The first kappa shape index (κ1) is 20.3. The minimum absolute atomic E-state index is 0.0674. The number of ketones is 1. The molecule has 0 radical (unpaired) electrons. The van der Waals surface area contributed by atoms with Gasteiger partial charge in [0.05, 0.1) is 24.7 Å². The van der Waals surface area contributed by atoms with Crippen LogP contribution >= 0.6 is 0 Å². The molecule has 3 aromatic rings. The molecule has 5 heteroatoms. The smallest absolute Gasteiger partial charge is 0.251 e. The van der Waals surface area contributed by atoms with E-state index in [0.717, 1.165) is 30.5 Å². The molecular weight excluding hydrogens is 374 g/mol. The summed E-state index contributed by atoms with van der Waals surface area (Å²) in [6.07, 6.45) is 9.43. The van der Waals surface area contributed by atoms with Crippen molar-refractivity contribution in [2.24, 2.45) is 5.92 Å². The van der Waals surface area contributed by atoms with Crippen molar-refractivity contribution in [1.82, 2.24) is 14.3 Å². The number of carbonyl (C=O) groups is 1. The molecule has 1 aromatic carbocycles. The lowest BCUT2D eigenvalue weighted by Gasteiger charge is -2.22. The molecule has 0 unspecified atom stereocenters. The summed E-state index contributed by atoms with van der Waals surface area (Å²) in [6.45, 7) is 2.58. The van der Waals surface area contributed by atoms with Gasteiger partial charge in [-0.3, -0.25) is 14.3 Å². The minimum Gasteiger partial charge on any atom is -0.305 e. The highest BCUT2D eigenvalue weighted by Crippen LogP contribution is 2.32. The summed E-state index contributed by atoms with van der Waals surface area (Å²) >= 11 is 0. The molecule has 2 heterocycles. The molecule has 156 valence electrons. The highest BCUT2D eigenvalue weighted by Gasteiger charge is 2.27. The molecule has 1 aliphatic rings. The Bertz CT molecular complexity index is 1050. The fourth-order valence-corrected chi connectivity index (χ4v) is 4.46. The number of aryl methyl sites for hydroxylation is 1. The Labute approximate surface area is 177 Å². The standard InChI is InChI=1S/C25H29N3O2/c1-19-11-14-28(25(30)15-19)23(16-20-7-5-6-8-20)24(29)17-22-12-13-27(26-22)18-21-9-3-2-4-10-21/h2-4,9-15,20,23H,5-8,16-18H2,1H3/t23-/m0/s1. The highest BCUT2D eigenvalue weighted by atomic mass is 16.1. The van der Waals surface area contributed by atoms with Gasteiger partial charge in [-0.05, 0) is 42.5 Å². The van der Waals surface area contributed by atoms with Crippen molar-refractivity contribution >= 4 is 5.78 Å². The fourth-order valence-electron chi connectivity index (χ4n) is 4.46. The van der Waals surface area contributed by atoms with Gasteiger partial charge < -0.3 is 4.57 Å². The summed E-state index contributed by atoms with van der Waals surface area (Å²) in [7, 11) is 0. The van der Waals surface area contributed by atoms with E-state index in [0.29, 0.717) is 12.5 Å². The second kappa shape index (κ2) is 9.24. The van der Waals surface area contributed by atoms with Crippen LogP contribution < -0.4 is 5.56 Å². The Hall–Kier alpha value is -2.95. The number of Topliss-reactive ketones (excluding diaryl/α,β-unsaturated/α-hetero) is 1. The number of aromatic nitrogens is 3. The van der Waals surface area contributed by atoms with Gasteiger partial charge in [-0.25, -0.2) is 0 Å². The third-order valence-electron chi connectivity index (χ3n) is 6.08. The van der Waals surface area contributed by atoms with Gasteiger partial charge in [-0.15, -0.1) is 0 Å². The summed E-state index contributed by atoms with van der Waals surface area (Å²) in [5.74, 6) is 0.584. The minimum atomic E-state index is -0.416. The molecular formula is C25H29N3O2. The number of pyridine rings is 1. The molecule has 30 heavy (non-hydrogen) atoms. The quantitative estimate of drug-likeness (QED) is 0.562. The van der Waals surface area contributed by atoms with Gasteiger partial charge in [0.1, 0.15) is 0 Å². The van der Waals surface area contributed by atoms with Crippen LogP contribution in [0.3, 0.4) is 0 Å². The monoisotopic (exact) mass is 403 g/mol. The summed E-state index contributed by atoms with van der Waals surface area (Å²) in [6, 6.07) is 15.2. The Balaban J connectivity index is 1.50. The van der Waals surface area contributed by atoms with Gasteiger partial charge in [-0.2, -0.15) is 5.10 Å². The van der Waals surface area contributed by atoms with Crippen LogP contribution in [0.25, 0.3) is 0 Å². The molecule has 0 saturated heterocycles. The number of hydrogen-bond donors (Lipinski definition) is 0. The van der Waals surface area contributed by atoms with Crippen LogP contribution in [0.4, 0.5) is 0 Å². The number of carbonyl (C=O) groups excluding carboxylic acids is 1. The van der Waals surface area contributed by atoms with E-state index in [1.54, 1.807) is 16.8 Å². The molecule has 0 bridgehead atoms. The first-order valence-corrected chi connectivity index (χ1v) is 10.9. The number of hydrogen-bond acceptors (Lipinski definition) is 3. The van der Waals surface area contributed by atoms with Crippen molar-refractivity contribution in [3.63, 3.8) is 0 Å². The van der Waals surface area contributed by atoms with Gasteiger partial charge in [0.25, 0.3) is 5.56 Å². The largest absolute Gasteiger partial charge is 0.305 e. The summed E-state index contributed by atoms with van der Waals surface area (Å²) < 4.78 is 3.50. The molecule has 2 aromatic heterocycles. The van der Waals surface area contributed by atoms with Crippen molar-refractivity contribution in [1.29, 1.82) is 0 Å². The predicted molar refractivity (Wildman–Crippen MR) is 118 cm³/mol. The van der Waals surface area contributed by atoms with Crippen molar-refractivity contribution in [2.45, 2.75) is 58.0 Å². The lowest BCUT2D eigenvalue weighted by atomic mass is 9.93. The fraction of sp³-hybridized carbons (Fsp3) is 0.400. The van der Waals surface area contributed by atoms with Crippen LogP contribution in [-0.2, 0) is 17.8 Å². The van der Waals surface area contributed by atoms with E-state index >= 15 is 0 Å². The molecule has 5 nitrogen and oxygen atoms in total. The molecule has 1 atom stereocenters. The molecule has 1 aliphatic carbocycles. The number of rotatable bonds is 8. The summed E-state index contributed by atoms with van der Waals surface area (Å²) in [4.78, 5) is 25.9. The Kier molecular flexibility index (Phi) is 6.26. The average molecular weight is 404 g/mol. The Morgan fingerprint density at radius 2 is 1.87 bits per heavy atom. The van der Waals surface area contributed by atoms with E-state index < -0.39 is 6.04 Å². The van der Waals surface area contributed by atoms with E-state index in [1.165, 1.54) is 18.4 Å². The number of benzene rings is 1. The average Bonchev–Trinajstić information content (AvgIpc) is 3.39. The molecule has 0 aliphatic heterocycles. The topological polar surface area (TPSA) is 56.9 Å². The van der Waals surface area contributed by atoms with Crippen LogP contribution in [0.5, 0.6) is 0 Å². The van der Waals surface area contributed by atoms with Crippen molar-refractivity contribution in [3.8, 4) is 0 Å². The molecule has 0 spiro atoms. The third-order valence-corrected chi connectivity index (χ3v) is 6.08. The van der Waals surface area contributed by atoms with Gasteiger partial charge in [0.15, 0.2) is 5.78 Å². The van der Waals surface area contributed by atoms with Crippen LogP contribution in [0.1, 0.15) is 55.0 Å². The molecule has 1 saturated carbocycles. The van der Waals surface area contributed by atoms with Crippen molar-refractivity contribution < 1.29 is 4.79 Å². The van der Waals surface area contributed by atoms with Crippen LogP contribution in [0.2, 0.25) is 0 Å². The van der Waals surface area contributed by atoms with Crippen molar-refractivity contribution in [2.75, 3.05) is 0 Å². The molecule has 4 rings (SSSR count). The lowest BCUT2D eigenvalue weighted by molar-refractivity contribution is -0.122. The predicted octanol–water partition coefficient (Wildman–Crippen LogP) is 4.33. The van der Waals surface area contributed by atoms with Crippen molar-refractivity contribution in [3.05, 3.63) is 88.1 Å². The third kappa shape index (κ3) is 4.96. The maximum absolute atomic E-state index is 13.3. The zero-order chi connectivity index (χ0) is 20.9. The van der Waals surface area contributed by atoms with Gasteiger partial charge in [0.2, 0.25) is 0 Å². The Morgan fingerprint density at radius 3 is 2.60 bits per heavy atom. The zero-order valence-electron chi connectivity index (χ0n) is 17.5. The van der Waals surface area contributed by atoms with E-state index in [4.69, 9.17) is 0 Å². The summed E-state index contributed by atoms with van der Waals surface area (Å²) in [5.41, 5.74) is 2.75. The summed E-state index contributed by atoms with van der Waals surface area (Å²) in [5, 5.41) is 4.60. The zero-order valence-corrected chi connectivity index (χ0v) is 17.5. The maximum atomic E-state index is 13.3. The number of nitrogens with zero attached hydrogens (tertiary/aromatic N) is 3. The first-order chi connectivity index (χ1) is 14.6. The second-order valence-corrected chi connectivity index (χ2v) is 8.48. The molecule has 0 amide bonds. The van der Waals surface area contributed by atoms with E-state index in [-0.39, 0.29) is 17.8 Å². The van der Waals surface area contributed by atoms with Gasteiger partial charge in [-0.1, -0.05) is 56.0 Å². The highest BCUT2D eigenvalue weighted by molar-refractivity contribution is 5.84. The van der Waals surface area contributed by atoms with E-state index in [2.05, 4.69) is 17.2 Å².